The average molecular weight is 226 g/mol. The van der Waals surface area contributed by atoms with Crippen LogP contribution in [-0.2, 0) is 0 Å². The SMILES string of the molecule is CC(O)C(N)c1nc2c(Cl)cccc2[nH]1. The molecule has 0 spiro atoms. The van der Waals surface area contributed by atoms with Crippen molar-refractivity contribution in [2.75, 3.05) is 0 Å². The second kappa shape index (κ2) is 3.81. The number of aromatic amines is 1. The standard InChI is InChI=1S/C10H12ClN3O/c1-5(15)8(12)10-13-7-4-2-3-6(11)9(7)14-10/h2-5,8,15H,12H2,1H3,(H,13,14). The predicted octanol–water partition coefficient (Wildman–Crippen LogP) is 1.60. The summed E-state index contributed by atoms with van der Waals surface area (Å²) in [6.07, 6.45) is -0.649. The molecule has 2 unspecified atom stereocenters. The van der Waals surface area contributed by atoms with E-state index >= 15 is 0 Å². The van der Waals surface area contributed by atoms with E-state index in [2.05, 4.69) is 9.97 Å². The molecule has 1 aromatic heterocycles. The van der Waals surface area contributed by atoms with Crippen molar-refractivity contribution in [2.24, 2.45) is 5.73 Å². The van der Waals surface area contributed by atoms with Crippen molar-refractivity contribution in [1.82, 2.24) is 9.97 Å². The minimum atomic E-state index is -0.649. The molecule has 0 radical (unpaired) electrons. The van der Waals surface area contributed by atoms with Gasteiger partial charge in [0, 0.05) is 0 Å². The van der Waals surface area contributed by atoms with E-state index in [1.54, 1.807) is 13.0 Å². The zero-order chi connectivity index (χ0) is 11.0. The van der Waals surface area contributed by atoms with E-state index in [1.165, 1.54) is 0 Å². The van der Waals surface area contributed by atoms with E-state index in [0.717, 1.165) is 5.52 Å². The number of imidazole rings is 1. The Hall–Kier alpha value is -1.10. The largest absolute Gasteiger partial charge is 0.391 e. The van der Waals surface area contributed by atoms with Crippen LogP contribution < -0.4 is 5.73 Å². The Kier molecular flexibility index (Phi) is 2.65. The molecule has 0 aliphatic carbocycles. The summed E-state index contributed by atoms with van der Waals surface area (Å²) in [5.74, 6) is 0.549. The Bertz CT molecular complexity index is 480. The number of nitrogens with zero attached hydrogens (tertiary/aromatic N) is 1. The number of nitrogens with two attached hydrogens (primary N) is 1. The molecule has 5 heteroatoms. The fraction of sp³-hybridized carbons (Fsp3) is 0.300. The quantitative estimate of drug-likeness (QED) is 0.727. The zero-order valence-corrected chi connectivity index (χ0v) is 8.99. The normalized spacial score (nSPS) is 15.5. The fourth-order valence-electron chi connectivity index (χ4n) is 1.40. The highest BCUT2D eigenvalue weighted by Gasteiger charge is 2.16. The van der Waals surface area contributed by atoms with Gasteiger partial charge >= 0.3 is 0 Å². The summed E-state index contributed by atoms with van der Waals surface area (Å²) in [4.78, 5) is 7.30. The first-order valence-corrected chi connectivity index (χ1v) is 5.05. The van der Waals surface area contributed by atoms with E-state index in [4.69, 9.17) is 17.3 Å². The third-order valence-corrected chi connectivity index (χ3v) is 2.62. The van der Waals surface area contributed by atoms with E-state index in [9.17, 15) is 5.11 Å². The number of nitrogens with one attached hydrogen (secondary N) is 1. The van der Waals surface area contributed by atoms with Crippen LogP contribution in [0.1, 0.15) is 18.8 Å². The number of aliphatic hydroxyl groups is 1. The van der Waals surface area contributed by atoms with Crippen molar-refractivity contribution in [3.05, 3.63) is 29.0 Å². The van der Waals surface area contributed by atoms with Gasteiger partial charge in [-0.1, -0.05) is 17.7 Å². The fourth-order valence-corrected chi connectivity index (χ4v) is 1.62. The molecule has 0 aliphatic heterocycles. The second-order valence-electron chi connectivity index (χ2n) is 3.52. The molecule has 2 aromatic rings. The first-order valence-electron chi connectivity index (χ1n) is 4.67. The number of para-hydroxylation sites is 1. The molecule has 0 bridgehead atoms. The lowest BCUT2D eigenvalue weighted by molar-refractivity contribution is 0.161. The number of fused-ring (bicyclic) bond motifs is 1. The molecule has 1 heterocycles. The second-order valence-corrected chi connectivity index (χ2v) is 3.93. The topological polar surface area (TPSA) is 74.9 Å². The van der Waals surface area contributed by atoms with Gasteiger partial charge < -0.3 is 15.8 Å². The highest BCUT2D eigenvalue weighted by molar-refractivity contribution is 6.34. The lowest BCUT2D eigenvalue weighted by atomic mass is 10.2. The number of halogens is 1. The number of H-pyrrole nitrogens is 1. The molecule has 2 atom stereocenters. The van der Waals surface area contributed by atoms with E-state index < -0.39 is 12.1 Å². The molecule has 0 saturated carbocycles. The maximum absolute atomic E-state index is 9.35. The lowest BCUT2D eigenvalue weighted by Gasteiger charge is -2.10. The van der Waals surface area contributed by atoms with Crippen LogP contribution in [0.15, 0.2) is 18.2 Å². The van der Waals surface area contributed by atoms with Crippen molar-refractivity contribution in [2.45, 2.75) is 19.1 Å². The van der Waals surface area contributed by atoms with Crippen LogP contribution in [0.5, 0.6) is 0 Å². The lowest BCUT2D eigenvalue weighted by Crippen LogP contribution is -2.24. The Morgan fingerprint density at radius 1 is 1.53 bits per heavy atom. The Balaban J connectivity index is 2.52. The van der Waals surface area contributed by atoms with Crippen molar-refractivity contribution in [3.63, 3.8) is 0 Å². The summed E-state index contributed by atoms with van der Waals surface area (Å²) in [7, 11) is 0. The minimum Gasteiger partial charge on any atom is -0.391 e. The molecule has 4 N–H and O–H groups in total. The van der Waals surface area contributed by atoms with Gasteiger partial charge in [-0.2, -0.15) is 0 Å². The molecule has 0 fully saturated rings. The molecule has 0 aliphatic rings. The van der Waals surface area contributed by atoms with E-state index in [0.29, 0.717) is 16.4 Å². The summed E-state index contributed by atoms with van der Waals surface area (Å²) in [6.45, 7) is 1.62. The molecule has 4 nitrogen and oxygen atoms in total. The van der Waals surface area contributed by atoms with E-state index in [-0.39, 0.29) is 0 Å². The summed E-state index contributed by atoms with van der Waals surface area (Å²) in [6, 6.07) is 4.95. The Morgan fingerprint density at radius 2 is 2.27 bits per heavy atom. The smallest absolute Gasteiger partial charge is 0.126 e. The van der Waals surface area contributed by atoms with Gasteiger partial charge in [0.2, 0.25) is 0 Å². The third kappa shape index (κ3) is 1.84. The van der Waals surface area contributed by atoms with Crippen LogP contribution in [0, 0.1) is 0 Å². The number of rotatable bonds is 2. The summed E-state index contributed by atoms with van der Waals surface area (Å²) >= 11 is 5.97. The van der Waals surface area contributed by atoms with Gasteiger partial charge in [0.25, 0.3) is 0 Å². The van der Waals surface area contributed by atoms with Gasteiger partial charge in [-0.05, 0) is 19.1 Å². The highest BCUT2D eigenvalue weighted by atomic mass is 35.5. The third-order valence-electron chi connectivity index (χ3n) is 2.32. The number of benzene rings is 1. The Labute approximate surface area is 92.1 Å². The molecule has 15 heavy (non-hydrogen) atoms. The zero-order valence-electron chi connectivity index (χ0n) is 8.24. The van der Waals surface area contributed by atoms with Crippen molar-refractivity contribution >= 4 is 22.6 Å². The number of hydrogen-bond donors (Lipinski definition) is 3. The van der Waals surface area contributed by atoms with Gasteiger partial charge in [-0.3, -0.25) is 0 Å². The highest BCUT2D eigenvalue weighted by Crippen LogP contribution is 2.23. The summed E-state index contributed by atoms with van der Waals surface area (Å²) in [5.41, 5.74) is 7.28. The Morgan fingerprint density at radius 3 is 2.87 bits per heavy atom. The average Bonchev–Trinajstić information content (AvgIpc) is 2.61. The van der Waals surface area contributed by atoms with Gasteiger partial charge in [-0.25, -0.2) is 4.98 Å². The first-order chi connectivity index (χ1) is 7.09. The number of aromatic nitrogens is 2. The molecule has 1 aromatic carbocycles. The molecule has 0 saturated heterocycles. The van der Waals surface area contributed by atoms with Crippen LogP contribution in [0.25, 0.3) is 11.0 Å². The molecular weight excluding hydrogens is 214 g/mol. The van der Waals surface area contributed by atoms with Crippen LogP contribution in [-0.4, -0.2) is 21.2 Å². The number of hydrogen-bond acceptors (Lipinski definition) is 3. The van der Waals surface area contributed by atoms with Gasteiger partial charge in [0.05, 0.1) is 22.7 Å². The minimum absolute atomic E-state index is 0.520. The molecular formula is C10H12ClN3O. The molecule has 80 valence electrons. The van der Waals surface area contributed by atoms with Gasteiger partial charge in [-0.15, -0.1) is 0 Å². The summed E-state index contributed by atoms with van der Waals surface area (Å²) in [5, 5.41) is 9.93. The van der Waals surface area contributed by atoms with Crippen molar-refractivity contribution < 1.29 is 5.11 Å². The van der Waals surface area contributed by atoms with Gasteiger partial charge in [0.1, 0.15) is 11.3 Å². The predicted molar refractivity (Wildman–Crippen MR) is 59.7 cm³/mol. The van der Waals surface area contributed by atoms with Crippen LogP contribution in [0.4, 0.5) is 0 Å². The van der Waals surface area contributed by atoms with Crippen LogP contribution in [0.3, 0.4) is 0 Å². The van der Waals surface area contributed by atoms with Gasteiger partial charge in [0.15, 0.2) is 0 Å². The first kappa shape index (κ1) is 10.4. The maximum Gasteiger partial charge on any atom is 0.126 e. The van der Waals surface area contributed by atoms with Crippen LogP contribution in [0.2, 0.25) is 5.02 Å². The van der Waals surface area contributed by atoms with Crippen molar-refractivity contribution in [1.29, 1.82) is 0 Å². The maximum atomic E-state index is 9.35. The van der Waals surface area contributed by atoms with E-state index in [1.807, 2.05) is 12.1 Å². The summed E-state index contributed by atoms with van der Waals surface area (Å²) < 4.78 is 0. The number of aliphatic hydroxyl groups excluding tert-OH is 1. The molecule has 2 rings (SSSR count). The monoisotopic (exact) mass is 225 g/mol. The van der Waals surface area contributed by atoms with Crippen molar-refractivity contribution in [3.8, 4) is 0 Å². The molecule has 0 amide bonds. The van der Waals surface area contributed by atoms with Crippen LogP contribution >= 0.6 is 11.6 Å².